The predicted octanol–water partition coefficient (Wildman–Crippen LogP) is 1.01. The predicted molar refractivity (Wildman–Crippen MR) is 55.8 cm³/mol. The van der Waals surface area contributed by atoms with Gasteiger partial charge in [0.25, 0.3) is 6.02 Å². The van der Waals surface area contributed by atoms with Gasteiger partial charge in [-0.15, -0.1) is 0 Å². The monoisotopic (exact) mass is 204 g/mol. The van der Waals surface area contributed by atoms with E-state index in [2.05, 4.69) is 4.99 Å². The zero-order valence-electron chi connectivity index (χ0n) is 8.27. The van der Waals surface area contributed by atoms with Gasteiger partial charge in [0, 0.05) is 12.0 Å². The first kappa shape index (κ1) is 8.59. The van der Waals surface area contributed by atoms with Crippen LogP contribution in [0.5, 0.6) is 5.75 Å². The molecule has 1 atom stereocenters. The number of hydrogen-bond donors (Lipinski definition) is 1. The highest BCUT2D eigenvalue weighted by molar-refractivity contribution is 5.74. The van der Waals surface area contributed by atoms with Crippen molar-refractivity contribution in [2.75, 3.05) is 13.2 Å². The maximum Gasteiger partial charge on any atom is 0.283 e. The summed E-state index contributed by atoms with van der Waals surface area (Å²) in [5, 5.41) is 0. The van der Waals surface area contributed by atoms with Crippen molar-refractivity contribution < 1.29 is 9.47 Å². The number of nitrogens with two attached hydrogens (primary N) is 1. The van der Waals surface area contributed by atoms with Gasteiger partial charge in [-0.25, -0.2) is 4.99 Å². The molecule has 0 saturated heterocycles. The molecule has 0 amide bonds. The molecule has 1 aromatic carbocycles. The molecule has 1 spiro atoms. The van der Waals surface area contributed by atoms with Crippen molar-refractivity contribution in [3.05, 3.63) is 29.8 Å². The quantitative estimate of drug-likeness (QED) is 0.686. The largest absolute Gasteiger partial charge is 0.493 e. The third-order valence-corrected chi connectivity index (χ3v) is 2.94. The van der Waals surface area contributed by atoms with Gasteiger partial charge in [-0.1, -0.05) is 18.2 Å². The van der Waals surface area contributed by atoms with E-state index < -0.39 is 0 Å². The van der Waals surface area contributed by atoms with E-state index in [4.69, 9.17) is 15.2 Å². The second-order valence-electron chi connectivity index (χ2n) is 3.86. The fourth-order valence-electron chi connectivity index (χ4n) is 2.18. The highest BCUT2D eigenvalue weighted by Crippen LogP contribution is 2.41. The Morgan fingerprint density at radius 1 is 1.27 bits per heavy atom. The van der Waals surface area contributed by atoms with E-state index in [1.54, 1.807) is 0 Å². The van der Waals surface area contributed by atoms with E-state index in [1.807, 2.05) is 24.3 Å². The van der Waals surface area contributed by atoms with Crippen LogP contribution in [0.25, 0.3) is 0 Å². The first-order valence-corrected chi connectivity index (χ1v) is 5.01. The molecule has 78 valence electrons. The fraction of sp³-hybridized carbons (Fsp3) is 0.364. The number of benzene rings is 1. The lowest BCUT2D eigenvalue weighted by atomic mass is 9.86. The van der Waals surface area contributed by atoms with Crippen LogP contribution in [0.15, 0.2) is 29.3 Å². The topological polar surface area (TPSA) is 56.8 Å². The van der Waals surface area contributed by atoms with Crippen LogP contribution in [0.2, 0.25) is 0 Å². The first-order chi connectivity index (χ1) is 7.30. The van der Waals surface area contributed by atoms with Gasteiger partial charge in [-0.2, -0.15) is 0 Å². The van der Waals surface area contributed by atoms with Crippen LogP contribution in [0.1, 0.15) is 12.0 Å². The van der Waals surface area contributed by atoms with Gasteiger partial charge < -0.3 is 15.2 Å². The summed E-state index contributed by atoms with van der Waals surface area (Å²) in [5.74, 6) is 0.894. The van der Waals surface area contributed by atoms with Crippen molar-refractivity contribution in [1.82, 2.24) is 0 Å². The molecule has 2 heterocycles. The Bertz CT molecular complexity index is 430. The number of hydrogen-bond acceptors (Lipinski definition) is 4. The maximum atomic E-state index is 5.58. The summed E-state index contributed by atoms with van der Waals surface area (Å²) in [4.78, 5) is 4.41. The molecule has 0 radical (unpaired) electrons. The minimum Gasteiger partial charge on any atom is -0.493 e. The van der Waals surface area contributed by atoms with Gasteiger partial charge in [0.05, 0.1) is 6.61 Å². The molecule has 1 aromatic rings. The highest BCUT2D eigenvalue weighted by Gasteiger charge is 2.42. The summed E-state index contributed by atoms with van der Waals surface area (Å²) in [6.45, 7) is 1.19. The number of amidine groups is 1. The summed E-state index contributed by atoms with van der Waals surface area (Å²) in [5.41, 5.74) is 6.36. The minimum absolute atomic E-state index is 0.284. The van der Waals surface area contributed by atoms with Crippen molar-refractivity contribution in [1.29, 1.82) is 0 Å². The van der Waals surface area contributed by atoms with Crippen LogP contribution >= 0.6 is 0 Å². The molecule has 1 unspecified atom stereocenters. The Kier molecular flexibility index (Phi) is 1.65. The van der Waals surface area contributed by atoms with Crippen LogP contribution in [-0.4, -0.2) is 19.2 Å². The lowest BCUT2D eigenvalue weighted by Gasteiger charge is -2.31. The molecule has 3 rings (SSSR count). The average Bonchev–Trinajstić information content (AvgIpc) is 2.62. The molecular formula is C11H12N2O2. The van der Waals surface area contributed by atoms with Gasteiger partial charge in [-0.05, 0) is 6.07 Å². The van der Waals surface area contributed by atoms with Crippen molar-refractivity contribution in [2.24, 2.45) is 10.7 Å². The van der Waals surface area contributed by atoms with Crippen LogP contribution in [0.3, 0.4) is 0 Å². The van der Waals surface area contributed by atoms with Crippen molar-refractivity contribution in [3.8, 4) is 5.75 Å². The number of ether oxygens (including phenoxy) is 2. The molecule has 0 fully saturated rings. The SMILES string of the molecule is NC1=NC2(CCOc3ccccc32)CO1. The van der Waals surface area contributed by atoms with Crippen LogP contribution in [-0.2, 0) is 10.3 Å². The standard InChI is InChI=1S/C11H12N2O2/c12-10-13-11(7-15-10)5-6-14-9-4-2-1-3-8(9)11/h1-4H,5-7H2,(H2,12,13). The molecule has 15 heavy (non-hydrogen) atoms. The fourth-order valence-corrected chi connectivity index (χ4v) is 2.18. The summed E-state index contributed by atoms with van der Waals surface area (Å²) in [6.07, 6.45) is 0.824. The lowest BCUT2D eigenvalue weighted by molar-refractivity contribution is 0.176. The molecule has 0 saturated carbocycles. The summed E-state index contributed by atoms with van der Waals surface area (Å²) >= 11 is 0. The summed E-state index contributed by atoms with van der Waals surface area (Å²) in [6, 6.07) is 8.21. The maximum absolute atomic E-state index is 5.58. The van der Waals surface area contributed by atoms with E-state index >= 15 is 0 Å². The molecule has 4 heteroatoms. The molecule has 2 aliphatic heterocycles. The van der Waals surface area contributed by atoms with Crippen molar-refractivity contribution in [2.45, 2.75) is 12.0 Å². The third kappa shape index (κ3) is 1.17. The van der Waals surface area contributed by atoms with E-state index in [0.717, 1.165) is 17.7 Å². The van der Waals surface area contributed by atoms with E-state index in [-0.39, 0.29) is 11.6 Å². The van der Waals surface area contributed by atoms with Crippen LogP contribution in [0, 0.1) is 0 Å². The van der Waals surface area contributed by atoms with E-state index in [0.29, 0.717) is 13.2 Å². The van der Waals surface area contributed by atoms with Crippen molar-refractivity contribution in [3.63, 3.8) is 0 Å². The minimum atomic E-state index is -0.307. The van der Waals surface area contributed by atoms with E-state index in [9.17, 15) is 0 Å². The van der Waals surface area contributed by atoms with Crippen LogP contribution < -0.4 is 10.5 Å². The Morgan fingerprint density at radius 3 is 2.93 bits per heavy atom. The Balaban J connectivity index is 2.14. The second kappa shape index (κ2) is 2.89. The summed E-state index contributed by atoms with van der Waals surface area (Å²) < 4.78 is 10.9. The number of aliphatic imine (C=N–C) groups is 1. The highest BCUT2D eigenvalue weighted by atomic mass is 16.5. The molecule has 0 bridgehead atoms. The molecule has 0 aliphatic carbocycles. The third-order valence-electron chi connectivity index (χ3n) is 2.94. The number of nitrogens with zero attached hydrogens (tertiary/aromatic N) is 1. The van der Waals surface area contributed by atoms with Crippen LogP contribution in [0.4, 0.5) is 0 Å². The first-order valence-electron chi connectivity index (χ1n) is 5.01. The second-order valence-corrected chi connectivity index (χ2v) is 3.86. The Morgan fingerprint density at radius 2 is 2.13 bits per heavy atom. The van der Waals surface area contributed by atoms with Gasteiger partial charge >= 0.3 is 0 Å². The molecule has 4 nitrogen and oxygen atoms in total. The lowest BCUT2D eigenvalue weighted by Crippen LogP contribution is -2.32. The van der Waals surface area contributed by atoms with Crippen molar-refractivity contribution >= 4 is 6.02 Å². The molecular weight excluding hydrogens is 192 g/mol. The Hall–Kier alpha value is -1.71. The van der Waals surface area contributed by atoms with E-state index in [1.165, 1.54) is 0 Å². The number of para-hydroxylation sites is 1. The number of rotatable bonds is 0. The molecule has 2 aliphatic rings. The Labute approximate surface area is 87.7 Å². The smallest absolute Gasteiger partial charge is 0.283 e. The number of fused-ring (bicyclic) bond motifs is 2. The van der Waals surface area contributed by atoms with Gasteiger partial charge in [0.1, 0.15) is 17.9 Å². The zero-order chi connectivity index (χ0) is 10.3. The van der Waals surface area contributed by atoms with Gasteiger partial charge in [0.2, 0.25) is 0 Å². The molecule has 0 aromatic heterocycles. The van der Waals surface area contributed by atoms with Gasteiger partial charge in [0.15, 0.2) is 0 Å². The zero-order valence-corrected chi connectivity index (χ0v) is 8.27. The normalized spacial score (nSPS) is 27.9. The molecule has 2 N–H and O–H groups in total. The average molecular weight is 204 g/mol. The van der Waals surface area contributed by atoms with Gasteiger partial charge in [-0.3, -0.25) is 0 Å². The summed E-state index contributed by atoms with van der Waals surface area (Å²) in [7, 11) is 0.